The maximum Gasteiger partial charge on any atom is 0.275 e. The highest BCUT2D eigenvalue weighted by Crippen LogP contribution is 2.28. The van der Waals surface area contributed by atoms with Gasteiger partial charge >= 0.3 is 0 Å². The van der Waals surface area contributed by atoms with Gasteiger partial charge in [-0.25, -0.2) is 4.99 Å². The highest BCUT2D eigenvalue weighted by Gasteiger charge is 2.26. The van der Waals surface area contributed by atoms with Crippen molar-refractivity contribution in [2.45, 2.75) is 6.92 Å². The summed E-state index contributed by atoms with van der Waals surface area (Å²) in [5.74, 6) is -0.434. The third kappa shape index (κ3) is 3.59. The summed E-state index contributed by atoms with van der Waals surface area (Å²) in [7, 11) is 0. The van der Waals surface area contributed by atoms with E-state index in [1.165, 1.54) is 0 Å². The number of nitrogens with one attached hydrogen (secondary N) is 2. The lowest BCUT2D eigenvalue weighted by molar-refractivity contribution is -0.110. The van der Waals surface area contributed by atoms with Gasteiger partial charge in [0.1, 0.15) is 5.71 Å². The van der Waals surface area contributed by atoms with E-state index in [0.717, 1.165) is 27.0 Å². The van der Waals surface area contributed by atoms with Crippen LogP contribution in [0.3, 0.4) is 0 Å². The van der Waals surface area contributed by atoms with Gasteiger partial charge < -0.3 is 10.6 Å². The molecule has 3 aromatic rings. The third-order valence-corrected chi connectivity index (χ3v) is 4.96. The van der Waals surface area contributed by atoms with Crippen molar-refractivity contribution in [3.63, 3.8) is 0 Å². The summed E-state index contributed by atoms with van der Waals surface area (Å²) in [6.45, 7) is 1.94. The van der Waals surface area contributed by atoms with Crippen molar-refractivity contribution in [3.8, 4) is 0 Å². The molecule has 0 aliphatic carbocycles. The normalized spacial score (nSPS) is 13.9. The predicted molar refractivity (Wildman–Crippen MR) is 115 cm³/mol. The summed E-state index contributed by atoms with van der Waals surface area (Å²) >= 11 is 3.42. The number of carbonyl (C=O) groups excluding carboxylic acids is 2. The van der Waals surface area contributed by atoms with E-state index in [1.807, 2.05) is 49.4 Å². The lowest BCUT2D eigenvalue weighted by atomic mass is 10.1. The Kier molecular flexibility index (Phi) is 4.79. The van der Waals surface area contributed by atoms with Gasteiger partial charge in [-0.1, -0.05) is 34.1 Å². The zero-order valence-corrected chi connectivity index (χ0v) is 16.6. The minimum Gasteiger partial charge on any atom is -0.322 e. The molecule has 5 nitrogen and oxygen atoms in total. The number of nitrogens with zero attached hydrogens (tertiary/aromatic N) is 1. The van der Waals surface area contributed by atoms with Gasteiger partial charge in [-0.05, 0) is 61.0 Å². The number of fused-ring (bicyclic) bond motifs is 1. The molecule has 0 radical (unpaired) electrons. The molecule has 1 heterocycles. The molecule has 4 rings (SSSR count). The van der Waals surface area contributed by atoms with Crippen molar-refractivity contribution < 1.29 is 9.59 Å². The molecular formula is C22H16BrN3O2. The maximum absolute atomic E-state index is 12.5. The van der Waals surface area contributed by atoms with Crippen LogP contribution in [0.5, 0.6) is 0 Å². The molecule has 138 valence electrons. The van der Waals surface area contributed by atoms with Crippen molar-refractivity contribution >= 4 is 50.5 Å². The summed E-state index contributed by atoms with van der Waals surface area (Å²) in [5.41, 5.74) is 4.74. The molecule has 0 spiro atoms. The number of carbonyl (C=O) groups is 2. The summed E-state index contributed by atoms with van der Waals surface area (Å²) in [5, 5.41) is 5.70. The van der Waals surface area contributed by atoms with Gasteiger partial charge in [0, 0.05) is 21.3 Å². The summed E-state index contributed by atoms with van der Waals surface area (Å²) in [4.78, 5) is 29.2. The van der Waals surface area contributed by atoms with Crippen LogP contribution in [0, 0.1) is 6.92 Å². The molecule has 1 aliphatic heterocycles. The number of aryl methyl sites for hydroxylation is 1. The molecule has 0 saturated heterocycles. The fourth-order valence-electron chi connectivity index (χ4n) is 2.96. The smallest absolute Gasteiger partial charge is 0.275 e. The Labute approximate surface area is 170 Å². The number of aliphatic imine (C=N–C) groups is 1. The summed E-state index contributed by atoms with van der Waals surface area (Å²) in [6, 6.07) is 20.0. The molecule has 2 amide bonds. The molecule has 2 N–H and O–H groups in total. The Bertz CT molecular complexity index is 1120. The first kappa shape index (κ1) is 18.1. The Morgan fingerprint density at radius 1 is 1.04 bits per heavy atom. The van der Waals surface area contributed by atoms with Crippen LogP contribution in [-0.4, -0.2) is 17.5 Å². The second-order valence-corrected chi connectivity index (χ2v) is 7.34. The fraction of sp³-hybridized carbons (Fsp3) is 0.0455. The van der Waals surface area contributed by atoms with Crippen molar-refractivity contribution in [1.82, 2.24) is 0 Å². The largest absolute Gasteiger partial charge is 0.322 e. The number of hydrogen-bond donors (Lipinski definition) is 2. The van der Waals surface area contributed by atoms with Crippen LogP contribution < -0.4 is 10.6 Å². The Morgan fingerprint density at radius 2 is 1.79 bits per heavy atom. The number of amides is 2. The van der Waals surface area contributed by atoms with Gasteiger partial charge in [0.2, 0.25) is 0 Å². The van der Waals surface area contributed by atoms with Gasteiger partial charge in [0.15, 0.2) is 0 Å². The highest BCUT2D eigenvalue weighted by atomic mass is 79.9. The lowest BCUT2D eigenvalue weighted by Crippen LogP contribution is -2.14. The zero-order valence-electron chi connectivity index (χ0n) is 15.0. The van der Waals surface area contributed by atoms with Gasteiger partial charge in [0.05, 0.1) is 11.4 Å². The zero-order chi connectivity index (χ0) is 19.7. The van der Waals surface area contributed by atoms with Crippen LogP contribution in [0.15, 0.2) is 76.2 Å². The average Bonchev–Trinajstić information content (AvgIpc) is 2.99. The van der Waals surface area contributed by atoms with Crippen LogP contribution in [0.4, 0.5) is 17.1 Å². The molecule has 0 unspecified atom stereocenters. The summed E-state index contributed by atoms with van der Waals surface area (Å²) in [6.07, 6.45) is 0. The lowest BCUT2D eigenvalue weighted by Gasteiger charge is -2.08. The number of hydrogen-bond acceptors (Lipinski definition) is 3. The van der Waals surface area contributed by atoms with Gasteiger partial charge in [-0.3, -0.25) is 9.59 Å². The van der Waals surface area contributed by atoms with Crippen molar-refractivity contribution in [3.05, 3.63) is 87.9 Å². The number of rotatable bonds is 3. The van der Waals surface area contributed by atoms with Crippen LogP contribution in [0.2, 0.25) is 0 Å². The van der Waals surface area contributed by atoms with E-state index in [-0.39, 0.29) is 11.8 Å². The topological polar surface area (TPSA) is 70.6 Å². The first-order valence-electron chi connectivity index (χ1n) is 8.68. The van der Waals surface area contributed by atoms with Gasteiger partial charge in [-0.2, -0.15) is 0 Å². The second kappa shape index (κ2) is 7.40. The van der Waals surface area contributed by atoms with Crippen LogP contribution in [0.1, 0.15) is 21.5 Å². The van der Waals surface area contributed by atoms with Gasteiger partial charge in [-0.15, -0.1) is 0 Å². The highest BCUT2D eigenvalue weighted by molar-refractivity contribution is 9.10. The SMILES string of the molecule is Cc1ccccc1NC(=O)c1ccc(N=C2C(=O)Nc3ccc(Br)cc32)cc1. The molecule has 0 aromatic heterocycles. The first-order valence-corrected chi connectivity index (χ1v) is 9.47. The van der Waals surface area contributed by atoms with E-state index < -0.39 is 0 Å². The van der Waals surface area contributed by atoms with E-state index in [0.29, 0.717) is 17.0 Å². The molecule has 0 saturated carbocycles. The molecule has 0 bridgehead atoms. The minimum atomic E-state index is -0.241. The molecule has 0 atom stereocenters. The quantitative estimate of drug-likeness (QED) is 0.604. The monoisotopic (exact) mass is 433 g/mol. The molecular weight excluding hydrogens is 418 g/mol. The van der Waals surface area contributed by atoms with Crippen LogP contribution in [0.25, 0.3) is 0 Å². The van der Waals surface area contributed by atoms with Crippen molar-refractivity contribution in [2.24, 2.45) is 4.99 Å². The van der Waals surface area contributed by atoms with E-state index >= 15 is 0 Å². The van der Waals surface area contributed by atoms with Crippen LogP contribution >= 0.6 is 15.9 Å². The predicted octanol–water partition coefficient (Wildman–Crippen LogP) is 5.08. The maximum atomic E-state index is 12.5. The summed E-state index contributed by atoms with van der Waals surface area (Å²) < 4.78 is 0.874. The van der Waals surface area contributed by atoms with E-state index in [4.69, 9.17) is 0 Å². The molecule has 1 aliphatic rings. The number of para-hydroxylation sites is 1. The van der Waals surface area contributed by atoms with E-state index in [1.54, 1.807) is 24.3 Å². The first-order chi connectivity index (χ1) is 13.5. The number of benzene rings is 3. The van der Waals surface area contributed by atoms with Crippen molar-refractivity contribution in [1.29, 1.82) is 0 Å². The molecule has 0 fully saturated rings. The molecule has 3 aromatic carbocycles. The van der Waals surface area contributed by atoms with Crippen molar-refractivity contribution in [2.75, 3.05) is 10.6 Å². The van der Waals surface area contributed by atoms with E-state index in [9.17, 15) is 9.59 Å². The third-order valence-electron chi connectivity index (χ3n) is 4.46. The minimum absolute atomic E-state index is 0.193. The number of anilines is 2. The Morgan fingerprint density at radius 3 is 2.54 bits per heavy atom. The molecule has 28 heavy (non-hydrogen) atoms. The van der Waals surface area contributed by atoms with Gasteiger partial charge in [0.25, 0.3) is 11.8 Å². The standard InChI is InChI=1S/C22H16BrN3O2/c1-13-4-2-3-5-18(13)25-21(27)14-6-9-16(10-7-14)24-20-17-12-15(23)8-11-19(17)26-22(20)28/h2-12H,1H3,(H,25,27)(H,24,26,28). The second-order valence-electron chi connectivity index (χ2n) is 6.42. The molecule has 6 heteroatoms. The van der Waals surface area contributed by atoms with Crippen LogP contribution in [-0.2, 0) is 4.79 Å². The van der Waals surface area contributed by atoms with E-state index in [2.05, 4.69) is 31.6 Å². The fourth-order valence-corrected chi connectivity index (χ4v) is 3.32. The Balaban J connectivity index is 1.57. The number of halogens is 1. The average molecular weight is 434 g/mol. The Hall–Kier alpha value is -3.25.